The molecule has 0 radical (unpaired) electrons. The molecule has 0 bridgehead atoms. The highest BCUT2D eigenvalue weighted by Gasteiger charge is 2.33. The van der Waals surface area contributed by atoms with E-state index < -0.39 is 9.90 Å². The fraction of sp³-hybridized carbons (Fsp3) is 0.250. The van der Waals surface area contributed by atoms with Gasteiger partial charge in [-0.15, -0.1) is 5.10 Å². The number of rotatable bonds is 1. The van der Waals surface area contributed by atoms with Crippen molar-refractivity contribution in [2.75, 3.05) is 0 Å². The van der Waals surface area contributed by atoms with Gasteiger partial charge in [0.25, 0.3) is 0 Å². The number of nitrogens with zero attached hydrogens (tertiary/aromatic N) is 2. The molecule has 1 heterocycles. The fourth-order valence-electron chi connectivity index (χ4n) is 1.22. The van der Waals surface area contributed by atoms with E-state index in [1.54, 1.807) is 18.2 Å². The molecule has 0 saturated heterocycles. The van der Waals surface area contributed by atoms with Gasteiger partial charge in [0.2, 0.25) is 3.79 Å². The van der Waals surface area contributed by atoms with Gasteiger partial charge < -0.3 is 5.11 Å². The molecule has 0 aliphatic rings. The molecule has 2 rings (SSSR count). The molecule has 0 fully saturated rings. The number of benzene rings is 1. The molecule has 15 heavy (non-hydrogen) atoms. The fourth-order valence-corrected chi connectivity index (χ4v) is 2.27. The first-order chi connectivity index (χ1) is 7.00. The number of halogens is 3. The van der Waals surface area contributed by atoms with Crippen molar-refractivity contribution >= 4 is 56.6 Å². The van der Waals surface area contributed by atoms with Gasteiger partial charge in [0.1, 0.15) is 11.6 Å². The second-order valence-corrected chi connectivity index (χ2v) is 6.04. The van der Waals surface area contributed by atoms with E-state index in [1.165, 1.54) is 0 Å². The third-order valence-corrected chi connectivity index (χ3v) is 3.32. The van der Waals surface area contributed by atoms with Crippen LogP contribution in [0, 0.1) is 0 Å². The van der Waals surface area contributed by atoms with Crippen molar-refractivity contribution in [2.45, 2.75) is 9.90 Å². The Labute approximate surface area is 105 Å². The van der Waals surface area contributed by atoms with Gasteiger partial charge >= 0.3 is 0 Å². The predicted molar refractivity (Wildman–Crippen MR) is 62.7 cm³/mol. The predicted octanol–water partition coefficient (Wildman–Crippen LogP) is 3.09. The van der Waals surface area contributed by atoms with Crippen LogP contribution in [0.3, 0.4) is 0 Å². The summed E-state index contributed by atoms with van der Waals surface area (Å²) in [5.41, 5.74) is 1.22. The number of alkyl halides is 3. The first kappa shape index (κ1) is 11.4. The van der Waals surface area contributed by atoms with Crippen molar-refractivity contribution in [3.05, 3.63) is 23.8 Å². The van der Waals surface area contributed by atoms with E-state index in [-0.39, 0.29) is 0 Å². The summed E-state index contributed by atoms with van der Waals surface area (Å²) in [5.74, 6) is 0. The van der Waals surface area contributed by atoms with E-state index in [9.17, 15) is 5.11 Å². The highest BCUT2D eigenvalue weighted by Crippen LogP contribution is 2.42. The topological polar surface area (TPSA) is 46.0 Å². The lowest BCUT2D eigenvalue weighted by Gasteiger charge is -2.19. The van der Waals surface area contributed by atoms with Gasteiger partial charge in [0.15, 0.2) is 0 Å². The Bertz CT molecular complexity index is 482. The lowest BCUT2D eigenvalue weighted by molar-refractivity contribution is 0.184. The average Bonchev–Trinajstić information content (AvgIpc) is 2.62. The lowest BCUT2D eigenvalue weighted by Crippen LogP contribution is -2.16. The summed E-state index contributed by atoms with van der Waals surface area (Å²) >= 11 is 18.1. The van der Waals surface area contributed by atoms with Crippen LogP contribution in [0.2, 0.25) is 0 Å². The zero-order valence-electron chi connectivity index (χ0n) is 7.19. The van der Waals surface area contributed by atoms with Crippen LogP contribution >= 0.6 is 46.3 Å². The zero-order chi connectivity index (χ0) is 11.1. The van der Waals surface area contributed by atoms with Crippen molar-refractivity contribution in [1.29, 1.82) is 0 Å². The Balaban J connectivity index is 2.56. The average molecular weight is 284 g/mol. The molecule has 80 valence electrons. The summed E-state index contributed by atoms with van der Waals surface area (Å²) in [6, 6.07) is 5.21. The van der Waals surface area contributed by atoms with Crippen LogP contribution in [-0.4, -0.2) is 18.5 Å². The van der Waals surface area contributed by atoms with Crippen LogP contribution in [-0.2, 0) is 0 Å². The van der Waals surface area contributed by atoms with Crippen molar-refractivity contribution < 1.29 is 5.11 Å². The van der Waals surface area contributed by atoms with Crippen molar-refractivity contribution in [3.8, 4) is 0 Å². The first-order valence-corrected chi connectivity index (χ1v) is 5.86. The smallest absolute Gasteiger partial charge is 0.220 e. The number of hydrogen-bond acceptors (Lipinski definition) is 4. The third-order valence-electron chi connectivity index (χ3n) is 1.91. The molecule has 1 aromatic heterocycles. The van der Waals surface area contributed by atoms with Gasteiger partial charge in [-0.3, -0.25) is 0 Å². The van der Waals surface area contributed by atoms with Crippen molar-refractivity contribution in [3.63, 3.8) is 0 Å². The summed E-state index contributed by atoms with van der Waals surface area (Å²) in [6.45, 7) is 0. The standard InChI is InChI=1S/C8H5Cl3N2OS/c9-8(10,11)7(14)4-2-1-3-5-6(4)15-13-12-5/h1-3,7,14H. The molecule has 0 spiro atoms. The van der Waals surface area contributed by atoms with Gasteiger partial charge in [0, 0.05) is 5.56 Å². The van der Waals surface area contributed by atoms with Gasteiger partial charge in [-0.05, 0) is 17.6 Å². The summed E-state index contributed by atoms with van der Waals surface area (Å²) in [6.07, 6.45) is -1.19. The van der Waals surface area contributed by atoms with E-state index in [2.05, 4.69) is 9.59 Å². The Morgan fingerprint density at radius 3 is 2.73 bits per heavy atom. The SMILES string of the molecule is OC(c1cccc2nnsc12)C(Cl)(Cl)Cl. The molecule has 0 saturated carbocycles. The first-order valence-electron chi connectivity index (χ1n) is 3.96. The molecule has 7 heteroatoms. The summed E-state index contributed by atoms with van der Waals surface area (Å²) in [7, 11) is 0. The Morgan fingerprint density at radius 2 is 2.07 bits per heavy atom. The maximum atomic E-state index is 9.83. The van der Waals surface area contributed by atoms with Crippen LogP contribution < -0.4 is 0 Å². The van der Waals surface area contributed by atoms with Crippen LogP contribution in [0.5, 0.6) is 0 Å². The highest BCUT2D eigenvalue weighted by molar-refractivity contribution is 7.13. The lowest BCUT2D eigenvalue weighted by atomic mass is 10.1. The van der Waals surface area contributed by atoms with Crippen LogP contribution in [0.4, 0.5) is 0 Å². The Kier molecular flexibility index (Phi) is 3.05. The largest absolute Gasteiger partial charge is 0.384 e. The minimum atomic E-state index is -1.75. The quantitative estimate of drug-likeness (QED) is 0.818. The molecule has 3 nitrogen and oxygen atoms in total. The van der Waals surface area contributed by atoms with Crippen molar-refractivity contribution in [2.24, 2.45) is 0 Å². The summed E-state index contributed by atoms with van der Waals surface area (Å²) < 4.78 is 2.76. The molecule has 0 aliphatic carbocycles. The zero-order valence-corrected chi connectivity index (χ0v) is 10.3. The molecule has 2 aromatic rings. The molecule has 1 N–H and O–H groups in total. The maximum absolute atomic E-state index is 9.83. The molecular formula is C8H5Cl3N2OS. The number of fused-ring (bicyclic) bond motifs is 1. The second kappa shape index (κ2) is 4.03. The van der Waals surface area contributed by atoms with Crippen LogP contribution in [0.1, 0.15) is 11.7 Å². The molecule has 1 unspecified atom stereocenters. The second-order valence-electron chi connectivity index (χ2n) is 2.91. The Morgan fingerprint density at radius 1 is 1.33 bits per heavy atom. The number of hydrogen-bond donors (Lipinski definition) is 1. The van der Waals surface area contributed by atoms with Gasteiger partial charge in [-0.25, -0.2) is 0 Å². The monoisotopic (exact) mass is 282 g/mol. The number of aliphatic hydroxyl groups is 1. The van der Waals surface area contributed by atoms with E-state index in [4.69, 9.17) is 34.8 Å². The number of aromatic nitrogens is 2. The van der Waals surface area contributed by atoms with Gasteiger partial charge in [-0.2, -0.15) is 0 Å². The molecule has 1 aromatic carbocycles. The Hall–Kier alpha value is -0.130. The van der Waals surface area contributed by atoms with E-state index in [1.807, 2.05) is 0 Å². The number of aliphatic hydroxyl groups excluding tert-OH is 1. The normalized spacial score (nSPS) is 14.4. The van der Waals surface area contributed by atoms with Crippen LogP contribution in [0.15, 0.2) is 18.2 Å². The van der Waals surface area contributed by atoms with Gasteiger partial charge in [-0.1, -0.05) is 51.4 Å². The minimum Gasteiger partial charge on any atom is -0.384 e. The van der Waals surface area contributed by atoms with Crippen LogP contribution in [0.25, 0.3) is 10.2 Å². The molecule has 0 amide bonds. The highest BCUT2D eigenvalue weighted by atomic mass is 35.6. The maximum Gasteiger partial charge on any atom is 0.220 e. The molecule has 0 aliphatic heterocycles. The van der Waals surface area contributed by atoms with E-state index in [0.29, 0.717) is 11.1 Å². The van der Waals surface area contributed by atoms with Crippen molar-refractivity contribution in [1.82, 2.24) is 9.59 Å². The van der Waals surface area contributed by atoms with E-state index >= 15 is 0 Å². The minimum absolute atomic E-state index is 0.530. The molecule has 1 atom stereocenters. The van der Waals surface area contributed by atoms with E-state index in [0.717, 1.165) is 16.2 Å². The summed E-state index contributed by atoms with van der Waals surface area (Å²) in [4.78, 5) is 0. The third kappa shape index (κ3) is 2.19. The molecular weight excluding hydrogens is 279 g/mol. The van der Waals surface area contributed by atoms with Gasteiger partial charge in [0.05, 0.1) is 4.70 Å². The summed E-state index contributed by atoms with van der Waals surface area (Å²) in [5, 5.41) is 13.7.